The van der Waals surface area contributed by atoms with Gasteiger partial charge in [0.1, 0.15) is 11.9 Å². The predicted molar refractivity (Wildman–Crippen MR) is 81.4 cm³/mol. The number of fused-ring (bicyclic) bond motifs is 2. The third kappa shape index (κ3) is 2.16. The lowest BCUT2D eigenvalue weighted by atomic mass is 9.98. The van der Waals surface area contributed by atoms with E-state index in [-0.39, 0.29) is 0 Å². The smallest absolute Gasteiger partial charge is 0.122 e. The number of pyridine rings is 1. The molecule has 2 heterocycles. The first-order valence-corrected chi connectivity index (χ1v) is 7.10. The van der Waals surface area contributed by atoms with Crippen LogP contribution in [0.15, 0.2) is 54.7 Å². The number of aliphatic hydroxyl groups is 1. The van der Waals surface area contributed by atoms with E-state index in [9.17, 15) is 5.11 Å². The van der Waals surface area contributed by atoms with Crippen molar-refractivity contribution < 1.29 is 9.84 Å². The molecule has 1 N–H and O–H groups in total. The van der Waals surface area contributed by atoms with E-state index >= 15 is 0 Å². The molecule has 1 atom stereocenters. The summed E-state index contributed by atoms with van der Waals surface area (Å²) in [5.41, 5.74) is 3.90. The predicted octanol–water partition coefficient (Wildman–Crippen LogP) is 3.25. The number of aliphatic hydroxyl groups excluding tert-OH is 1. The van der Waals surface area contributed by atoms with Gasteiger partial charge in [-0.25, -0.2) is 0 Å². The highest BCUT2D eigenvalue weighted by molar-refractivity contribution is 5.79. The highest BCUT2D eigenvalue weighted by Crippen LogP contribution is 2.31. The van der Waals surface area contributed by atoms with Crippen molar-refractivity contribution in [1.29, 1.82) is 0 Å². The molecule has 0 saturated carbocycles. The van der Waals surface area contributed by atoms with Crippen LogP contribution in [-0.4, -0.2) is 16.7 Å². The standard InChI is InChI=1S/C18H15NO2/c20-18(15-4-6-17-13(11-15)7-9-21-17)14-3-5-16-12(10-14)2-1-8-19-16/h1-6,8,10-11,18,20H,7,9H2. The van der Waals surface area contributed by atoms with E-state index < -0.39 is 6.10 Å². The van der Waals surface area contributed by atoms with Crippen molar-refractivity contribution in [2.75, 3.05) is 6.61 Å². The Morgan fingerprint density at radius 2 is 1.90 bits per heavy atom. The molecule has 1 aromatic heterocycles. The van der Waals surface area contributed by atoms with E-state index in [4.69, 9.17) is 4.74 Å². The molecule has 3 heteroatoms. The summed E-state index contributed by atoms with van der Waals surface area (Å²) in [6.45, 7) is 0.733. The van der Waals surface area contributed by atoms with Gasteiger partial charge in [0.15, 0.2) is 0 Å². The van der Waals surface area contributed by atoms with Gasteiger partial charge >= 0.3 is 0 Å². The average Bonchev–Trinajstić information content (AvgIpc) is 3.01. The number of rotatable bonds is 2. The van der Waals surface area contributed by atoms with Gasteiger partial charge in [-0.15, -0.1) is 0 Å². The zero-order chi connectivity index (χ0) is 14.2. The van der Waals surface area contributed by atoms with Gasteiger partial charge in [-0.1, -0.05) is 18.2 Å². The van der Waals surface area contributed by atoms with E-state index in [1.165, 1.54) is 5.56 Å². The van der Waals surface area contributed by atoms with Gasteiger partial charge in [-0.05, 0) is 47.0 Å². The minimum Gasteiger partial charge on any atom is -0.493 e. The molecule has 0 saturated heterocycles. The Kier molecular flexibility index (Phi) is 2.86. The van der Waals surface area contributed by atoms with Crippen LogP contribution >= 0.6 is 0 Å². The molecular formula is C18H15NO2. The lowest BCUT2D eigenvalue weighted by Crippen LogP contribution is -2.00. The molecule has 0 amide bonds. The summed E-state index contributed by atoms with van der Waals surface area (Å²) in [5, 5.41) is 11.7. The third-order valence-electron chi connectivity index (χ3n) is 3.97. The summed E-state index contributed by atoms with van der Waals surface area (Å²) in [6.07, 6.45) is 2.07. The van der Waals surface area contributed by atoms with Crippen molar-refractivity contribution in [1.82, 2.24) is 4.98 Å². The molecule has 1 unspecified atom stereocenters. The molecular weight excluding hydrogens is 262 g/mol. The molecule has 104 valence electrons. The Balaban J connectivity index is 1.73. The molecule has 1 aliphatic heterocycles. The van der Waals surface area contributed by atoms with E-state index in [1.54, 1.807) is 6.20 Å². The van der Waals surface area contributed by atoms with Crippen LogP contribution in [0.1, 0.15) is 22.8 Å². The van der Waals surface area contributed by atoms with Crippen LogP contribution in [0.3, 0.4) is 0 Å². The average molecular weight is 277 g/mol. The molecule has 0 spiro atoms. The highest BCUT2D eigenvalue weighted by Gasteiger charge is 2.16. The molecule has 0 bridgehead atoms. The fourth-order valence-corrected chi connectivity index (χ4v) is 2.83. The van der Waals surface area contributed by atoms with Gasteiger partial charge in [-0.3, -0.25) is 4.98 Å². The summed E-state index contributed by atoms with van der Waals surface area (Å²) in [7, 11) is 0. The second-order valence-corrected chi connectivity index (χ2v) is 5.32. The molecule has 4 rings (SSSR count). The number of aromatic nitrogens is 1. The van der Waals surface area contributed by atoms with Gasteiger partial charge in [0.05, 0.1) is 12.1 Å². The zero-order valence-corrected chi connectivity index (χ0v) is 11.5. The fraction of sp³-hybridized carbons (Fsp3) is 0.167. The van der Waals surface area contributed by atoms with Gasteiger partial charge in [-0.2, -0.15) is 0 Å². The van der Waals surface area contributed by atoms with Crippen molar-refractivity contribution in [3.05, 3.63) is 71.4 Å². The first-order chi connectivity index (χ1) is 10.3. The van der Waals surface area contributed by atoms with Crippen LogP contribution in [0.4, 0.5) is 0 Å². The lowest BCUT2D eigenvalue weighted by molar-refractivity contribution is 0.220. The fourth-order valence-electron chi connectivity index (χ4n) is 2.83. The van der Waals surface area contributed by atoms with E-state index in [0.29, 0.717) is 0 Å². The first-order valence-electron chi connectivity index (χ1n) is 7.10. The van der Waals surface area contributed by atoms with E-state index in [0.717, 1.165) is 40.8 Å². The molecule has 3 nitrogen and oxygen atoms in total. The van der Waals surface area contributed by atoms with Crippen molar-refractivity contribution in [3.8, 4) is 5.75 Å². The molecule has 0 aliphatic carbocycles. The Morgan fingerprint density at radius 1 is 1.05 bits per heavy atom. The summed E-state index contributed by atoms with van der Waals surface area (Å²) in [5.74, 6) is 0.939. The van der Waals surface area contributed by atoms with Crippen LogP contribution in [0, 0.1) is 0 Å². The number of benzene rings is 2. The van der Waals surface area contributed by atoms with E-state index in [1.807, 2.05) is 48.5 Å². The first kappa shape index (κ1) is 12.4. The molecule has 2 aromatic carbocycles. The van der Waals surface area contributed by atoms with Crippen LogP contribution in [0.5, 0.6) is 5.75 Å². The molecule has 21 heavy (non-hydrogen) atoms. The van der Waals surface area contributed by atoms with Crippen molar-refractivity contribution in [3.63, 3.8) is 0 Å². The monoisotopic (exact) mass is 277 g/mol. The second kappa shape index (κ2) is 4.86. The minimum atomic E-state index is -0.625. The van der Waals surface area contributed by atoms with Crippen molar-refractivity contribution >= 4 is 10.9 Å². The zero-order valence-electron chi connectivity index (χ0n) is 11.5. The Morgan fingerprint density at radius 3 is 2.86 bits per heavy atom. The Labute approximate surface area is 122 Å². The highest BCUT2D eigenvalue weighted by atomic mass is 16.5. The van der Waals surface area contributed by atoms with Crippen molar-refractivity contribution in [2.24, 2.45) is 0 Å². The normalized spacial score (nSPS) is 14.7. The number of hydrogen-bond donors (Lipinski definition) is 1. The Bertz CT molecular complexity index is 813. The topological polar surface area (TPSA) is 42.4 Å². The number of ether oxygens (including phenoxy) is 1. The maximum Gasteiger partial charge on any atom is 0.122 e. The van der Waals surface area contributed by atoms with Gasteiger partial charge in [0.2, 0.25) is 0 Å². The van der Waals surface area contributed by atoms with Gasteiger partial charge < -0.3 is 9.84 Å². The minimum absolute atomic E-state index is 0.625. The second-order valence-electron chi connectivity index (χ2n) is 5.32. The van der Waals surface area contributed by atoms with Gasteiger partial charge in [0.25, 0.3) is 0 Å². The van der Waals surface area contributed by atoms with Crippen molar-refractivity contribution in [2.45, 2.75) is 12.5 Å². The maximum atomic E-state index is 10.6. The summed E-state index contributed by atoms with van der Waals surface area (Å²) in [4.78, 5) is 4.30. The lowest BCUT2D eigenvalue weighted by Gasteiger charge is -2.13. The molecule has 3 aromatic rings. The molecule has 1 aliphatic rings. The SMILES string of the molecule is OC(c1ccc2c(c1)CCO2)c1ccc2ncccc2c1. The van der Waals surface area contributed by atoms with Gasteiger partial charge in [0, 0.05) is 18.0 Å². The molecule has 0 fully saturated rings. The summed E-state index contributed by atoms with van der Waals surface area (Å²) in [6, 6.07) is 15.7. The number of nitrogens with zero attached hydrogens (tertiary/aromatic N) is 1. The largest absolute Gasteiger partial charge is 0.493 e. The summed E-state index contributed by atoms with van der Waals surface area (Å²) >= 11 is 0. The van der Waals surface area contributed by atoms with Crippen LogP contribution < -0.4 is 4.74 Å². The maximum absolute atomic E-state index is 10.6. The number of hydrogen-bond acceptors (Lipinski definition) is 3. The van der Waals surface area contributed by atoms with E-state index in [2.05, 4.69) is 4.98 Å². The van der Waals surface area contributed by atoms with Crippen LogP contribution in [-0.2, 0) is 6.42 Å². The summed E-state index contributed by atoms with van der Waals surface area (Å²) < 4.78 is 5.51. The Hall–Kier alpha value is -2.39. The van der Waals surface area contributed by atoms with Crippen LogP contribution in [0.2, 0.25) is 0 Å². The third-order valence-corrected chi connectivity index (χ3v) is 3.97. The quantitative estimate of drug-likeness (QED) is 0.782. The van der Waals surface area contributed by atoms with Crippen LogP contribution in [0.25, 0.3) is 10.9 Å². The molecule has 0 radical (unpaired) electrons.